The van der Waals surface area contributed by atoms with Crippen molar-refractivity contribution in [2.75, 3.05) is 17.7 Å². The molecular formula is C33H30BrN3O3. The first-order chi connectivity index (χ1) is 19.4. The number of amides is 1. The summed E-state index contributed by atoms with van der Waals surface area (Å²) in [5.74, 6) is -1.00. The van der Waals surface area contributed by atoms with Crippen LogP contribution in [0.4, 0.5) is 11.4 Å². The van der Waals surface area contributed by atoms with E-state index in [2.05, 4.69) is 74.9 Å². The second kappa shape index (κ2) is 12.3. The number of carboxylic acid groups (broad SMARTS) is 1. The van der Waals surface area contributed by atoms with Gasteiger partial charge in [-0.15, -0.1) is 0 Å². The number of anilines is 2. The number of aryl methyl sites for hydroxylation is 1. The Kier molecular flexibility index (Phi) is 8.43. The lowest BCUT2D eigenvalue weighted by atomic mass is 9.98. The molecule has 1 amide bonds. The maximum Gasteiger partial charge on any atom is 0.303 e. The molecule has 0 aliphatic carbocycles. The number of hydrogen-bond acceptors (Lipinski definition) is 4. The fourth-order valence-electron chi connectivity index (χ4n) is 4.86. The third-order valence-electron chi connectivity index (χ3n) is 6.82. The average molecular weight is 597 g/mol. The molecule has 0 aromatic heterocycles. The fraction of sp³-hybridized carbons (Fsp3) is 0.152. The summed E-state index contributed by atoms with van der Waals surface area (Å²) in [6, 6.07) is 32.1. The van der Waals surface area contributed by atoms with Crippen molar-refractivity contribution in [2.24, 2.45) is 0 Å². The second-order valence-corrected chi connectivity index (χ2v) is 10.9. The molecule has 0 atom stereocenters. The van der Waals surface area contributed by atoms with E-state index in [4.69, 9.17) is 5.11 Å². The van der Waals surface area contributed by atoms with E-state index in [1.807, 2.05) is 60.7 Å². The minimum absolute atomic E-state index is 0.0725. The van der Waals surface area contributed by atoms with E-state index in [0.29, 0.717) is 17.7 Å². The van der Waals surface area contributed by atoms with Crippen molar-refractivity contribution in [1.29, 1.82) is 0 Å². The Bertz CT molecular complexity index is 1550. The van der Waals surface area contributed by atoms with Gasteiger partial charge in [-0.3, -0.25) is 14.5 Å². The maximum atomic E-state index is 13.2. The molecule has 0 saturated heterocycles. The fourth-order valence-corrected chi connectivity index (χ4v) is 5.22. The van der Waals surface area contributed by atoms with Gasteiger partial charge < -0.3 is 15.7 Å². The summed E-state index contributed by atoms with van der Waals surface area (Å²) < 4.78 is 0.887. The predicted octanol–water partition coefficient (Wildman–Crippen LogP) is 7.03. The SMILES string of the molecule is CN(Cc1ccccc1)Cc1ccc(N/C(=C2\C(=O)Nc3cc(Br)ccc32)c2ccc(CCC(=O)O)cc2)cc1. The van der Waals surface area contributed by atoms with Crippen molar-refractivity contribution in [1.82, 2.24) is 4.90 Å². The van der Waals surface area contributed by atoms with Crippen LogP contribution in [-0.2, 0) is 29.1 Å². The quantitative estimate of drug-likeness (QED) is 0.171. The van der Waals surface area contributed by atoms with E-state index in [-0.39, 0.29) is 12.3 Å². The van der Waals surface area contributed by atoms with Crippen molar-refractivity contribution < 1.29 is 14.7 Å². The Morgan fingerprint density at radius 3 is 2.20 bits per heavy atom. The first-order valence-electron chi connectivity index (χ1n) is 13.1. The van der Waals surface area contributed by atoms with Crippen LogP contribution in [0, 0.1) is 0 Å². The molecule has 1 aliphatic heterocycles. The largest absolute Gasteiger partial charge is 0.481 e. The zero-order chi connectivity index (χ0) is 28.1. The molecule has 6 nitrogen and oxygen atoms in total. The lowest BCUT2D eigenvalue weighted by molar-refractivity contribution is -0.137. The molecule has 1 heterocycles. The van der Waals surface area contributed by atoms with Gasteiger partial charge >= 0.3 is 5.97 Å². The summed E-state index contributed by atoms with van der Waals surface area (Å²) >= 11 is 3.49. The van der Waals surface area contributed by atoms with Gasteiger partial charge in [0.15, 0.2) is 0 Å². The van der Waals surface area contributed by atoms with E-state index in [1.54, 1.807) is 0 Å². The normalized spacial score (nSPS) is 13.6. The number of aliphatic carboxylic acids is 1. The Balaban J connectivity index is 1.41. The Labute approximate surface area is 242 Å². The number of carboxylic acids is 1. The number of carbonyl (C=O) groups is 2. The molecule has 0 spiro atoms. The highest BCUT2D eigenvalue weighted by molar-refractivity contribution is 9.10. The van der Waals surface area contributed by atoms with E-state index >= 15 is 0 Å². The predicted molar refractivity (Wildman–Crippen MR) is 164 cm³/mol. The van der Waals surface area contributed by atoms with Gasteiger partial charge in [0, 0.05) is 35.2 Å². The van der Waals surface area contributed by atoms with E-state index in [1.165, 1.54) is 11.1 Å². The molecule has 7 heteroatoms. The smallest absolute Gasteiger partial charge is 0.303 e. The highest BCUT2D eigenvalue weighted by atomic mass is 79.9. The van der Waals surface area contributed by atoms with Gasteiger partial charge in [0.05, 0.1) is 17.0 Å². The van der Waals surface area contributed by atoms with Crippen molar-refractivity contribution in [3.05, 3.63) is 129 Å². The topological polar surface area (TPSA) is 81.7 Å². The monoisotopic (exact) mass is 595 g/mol. The number of halogens is 1. The Morgan fingerprint density at radius 2 is 1.52 bits per heavy atom. The van der Waals surface area contributed by atoms with Crippen LogP contribution >= 0.6 is 15.9 Å². The number of carbonyl (C=O) groups excluding carboxylic acids is 1. The minimum atomic E-state index is -0.825. The second-order valence-electron chi connectivity index (χ2n) is 9.96. The van der Waals surface area contributed by atoms with Crippen LogP contribution in [0.5, 0.6) is 0 Å². The molecule has 0 fully saturated rings. The molecule has 3 N–H and O–H groups in total. The number of fused-ring (bicyclic) bond motifs is 1. The number of nitrogens with one attached hydrogen (secondary N) is 2. The van der Waals surface area contributed by atoms with Crippen molar-refractivity contribution in [2.45, 2.75) is 25.9 Å². The van der Waals surface area contributed by atoms with Gasteiger partial charge in [-0.2, -0.15) is 0 Å². The maximum absolute atomic E-state index is 13.2. The molecule has 1 aliphatic rings. The minimum Gasteiger partial charge on any atom is -0.481 e. The van der Waals surface area contributed by atoms with Crippen molar-refractivity contribution >= 4 is 50.5 Å². The van der Waals surface area contributed by atoms with Gasteiger partial charge in [0.25, 0.3) is 5.91 Å². The first kappa shape index (κ1) is 27.4. The lowest BCUT2D eigenvalue weighted by Gasteiger charge is -2.18. The first-order valence-corrected chi connectivity index (χ1v) is 13.9. The number of hydrogen-bond donors (Lipinski definition) is 3. The standard InChI is InChI=1S/C33H30BrN3O3/c1-37(20-23-5-3-2-4-6-23)21-24-9-15-27(16-10-24)35-32(25-12-7-22(8-13-25)11-18-30(38)39)31-28-17-14-26(34)19-29(28)36-33(31)40/h2-10,12-17,19,35H,11,18,20-21H2,1H3,(H,36,40)(H,38,39)/b32-31-. The third kappa shape index (κ3) is 6.68. The van der Waals surface area contributed by atoms with E-state index in [0.717, 1.165) is 45.6 Å². The van der Waals surface area contributed by atoms with Crippen LogP contribution in [0.3, 0.4) is 0 Å². The molecule has 0 bridgehead atoms. The zero-order valence-corrected chi connectivity index (χ0v) is 23.7. The Hall–Kier alpha value is -4.20. The van der Waals surface area contributed by atoms with E-state index < -0.39 is 5.97 Å². The number of nitrogens with zero attached hydrogens (tertiary/aromatic N) is 1. The van der Waals surface area contributed by atoms with Crippen LogP contribution in [0.2, 0.25) is 0 Å². The molecule has 0 radical (unpaired) electrons. The highest BCUT2D eigenvalue weighted by Gasteiger charge is 2.28. The number of rotatable bonds is 10. The molecule has 0 saturated carbocycles. The van der Waals surface area contributed by atoms with Crippen LogP contribution in [0.1, 0.15) is 34.2 Å². The van der Waals surface area contributed by atoms with Crippen LogP contribution in [0.25, 0.3) is 11.3 Å². The lowest BCUT2D eigenvalue weighted by Crippen LogP contribution is -2.17. The van der Waals surface area contributed by atoms with Gasteiger partial charge in [-0.05, 0) is 60.0 Å². The van der Waals surface area contributed by atoms with Gasteiger partial charge in [-0.1, -0.05) is 88.7 Å². The molecule has 202 valence electrons. The van der Waals surface area contributed by atoms with Gasteiger partial charge in [-0.25, -0.2) is 0 Å². The summed E-state index contributed by atoms with van der Waals surface area (Å²) in [6.45, 7) is 1.68. The molecule has 4 aromatic carbocycles. The molecule has 5 rings (SSSR count). The van der Waals surface area contributed by atoms with E-state index in [9.17, 15) is 9.59 Å². The molecular weight excluding hydrogens is 566 g/mol. The van der Waals surface area contributed by atoms with Gasteiger partial charge in [0.1, 0.15) is 0 Å². The van der Waals surface area contributed by atoms with Crippen LogP contribution < -0.4 is 10.6 Å². The average Bonchev–Trinajstić information content (AvgIpc) is 3.26. The Morgan fingerprint density at radius 1 is 0.875 bits per heavy atom. The summed E-state index contributed by atoms with van der Waals surface area (Å²) in [5, 5.41) is 15.5. The van der Waals surface area contributed by atoms with Crippen molar-refractivity contribution in [3.8, 4) is 0 Å². The van der Waals surface area contributed by atoms with Crippen molar-refractivity contribution in [3.63, 3.8) is 0 Å². The third-order valence-corrected chi connectivity index (χ3v) is 7.31. The summed E-state index contributed by atoms with van der Waals surface area (Å²) in [6.07, 6.45) is 0.523. The van der Waals surface area contributed by atoms with Gasteiger partial charge in [0.2, 0.25) is 0 Å². The molecule has 0 unspecified atom stereocenters. The molecule has 4 aromatic rings. The van der Waals surface area contributed by atoms with Crippen LogP contribution in [-0.4, -0.2) is 28.9 Å². The van der Waals surface area contributed by atoms with Crippen LogP contribution in [0.15, 0.2) is 102 Å². The summed E-state index contributed by atoms with van der Waals surface area (Å²) in [5.41, 5.74) is 7.93. The summed E-state index contributed by atoms with van der Waals surface area (Å²) in [7, 11) is 2.11. The summed E-state index contributed by atoms with van der Waals surface area (Å²) in [4.78, 5) is 26.5. The molecule has 40 heavy (non-hydrogen) atoms. The highest BCUT2D eigenvalue weighted by Crippen LogP contribution is 2.39. The number of benzene rings is 4. The zero-order valence-electron chi connectivity index (χ0n) is 22.2.